The first-order valence-corrected chi connectivity index (χ1v) is 10.4. The van der Waals surface area contributed by atoms with Gasteiger partial charge in [0.1, 0.15) is 0 Å². The van der Waals surface area contributed by atoms with Crippen molar-refractivity contribution >= 4 is 31.2 Å². The Morgan fingerprint density at radius 3 is 2.09 bits per heavy atom. The quantitative estimate of drug-likeness (QED) is 0.364. The van der Waals surface area contributed by atoms with Crippen LogP contribution in [-0.2, 0) is 9.47 Å². The van der Waals surface area contributed by atoms with Gasteiger partial charge in [-0.05, 0) is 0 Å². The minimum absolute atomic E-state index is 0.255. The normalized spacial score (nSPS) is 11.9. The van der Waals surface area contributed by atoms with Crippen LogP contribution in [0.4, 0.5) is 0 Å². The van der Waals surface area contributed by atoms with Gasteiger partial charge in [-0.3, -0.25) is 0 Å². The fraction of sp³-hybridized carbons (Fsp3) is 0.263. The molecule has 0 amide bonds. The van der Waals surface area contributed by atoms with Gasteiger partial charge in [-0.1, -0.05) is 0 Å². The zero-order valence-corrected chi connectivity index (χ0v) is 16.0. The van der Waals surface area contributed by atoms with Crippen LogP contribution in [0.5, 0.6) is 0 Å². The van der Waals surface area contributed by atoms with E-state index in [1.165, 1.54) is 9.36 Å². The van der Waals surface area contributed by atoms with E-state index >= 15 is 0 Å². The summed E-state index contributed by atoms with van der Waals surface area (Å²) in [6.07, 6.45) is -0.291. The summed E-state index contributed by atoms with van der Waals surface area (Å²) in [5, 5.41) is 0. The fourth-order valence-electron chi connectivity index (χ4n) is 1.89. The fourth-order valence-corrected chi connectivity index (χ4v) is 4.71. The molecule has 0 aromatic heterocycles. The zero-order valence-electron chi connectivity index (χ0n) is 13.5. The van der Waals surface area contributed by atoms with Crippen molar-refractivity contribution in [3.8, 4) is 0 Å². The van der Waals surface area contributed by atoms with Crippen LogP contribution in [0.2, 0.25) is 0 Å². The molecule has 0 aliphatic rings. The van der Waals surface area contributed by atoms with Gasteiger partial charge in [-0.25, -0.2) is 0 Å². The summed E-state index contributed by atoms with van der Waals surface area (Å²) in [5.41, 5.74) is 0. The Balaban J connectivity index is 2.18. The summed E-state index contributed by atoms with van der Waals surface area (Å²) in [6.45, 7) is 5.27. The van der Waals surface area contributed by atoms with E-state index in [1.807, 2.05) is 26.0 Å². The first kappa shape index (κ1) is 18.3. The SMILES string of the molecule is CCOC(OCC)/C(=C/[Se]c1ccccc1)Sc1ccccc1. The van der Waals surface area contributed by atoms with Gasteiger partial charge < -0.3 is 0 Å². The first-order chi connectivity index (χ1) is 11.3. The Morgan fingerprint density at radius 2 is 1.52 bits per heavy atom. The summed E-state index contributed by atoms with van der Waals surface area (Å²) in [4.78, 5) is 4.60. The molecule has 0 radical (unpaired) electrons. The topological polar surface area (TPSA) is 18.5 Å². The second kappa shape index (κ2) is 10.7. The Bertz CT molecular complexity index is 581. The number of thioether (sulfide) groups is 1. The van der Waals surface area contributed by atoms with Crippen molar-refractivity contribution in [3.63, 3.8) is 0 Å². The Hall–Kier alpha value is -1.03. The van der Waals surface area contributed by atoms with Crippen LogP contribution < -0.4 is 4.46 Å². The number of hydrogen-bond donors (Lipinski definition) is 0. The third-order valence-corrected chi connectivity index (χ3v) is 6.21. The van der Waals surface area contributed by atoms with Gasteiger partial charge in [-0.15, -0.1) is 0 Å². The van der Waals surface area contributed by atoms with Crippen molar-refractivity contribution in [2.45, 2.75) is 25.0 Å². The molecular weight excluding hydrogens is 371 g/mol. The second-order valence-electron chi connectivity index (χ2n) is 4.61. The van der Waals surface area contributed by atoms with Gasteiger partial charge in [0.25, 0.3) is 0 Å². The predicted molar refractivity (Wildman–Crippen MR) is 99.3 cm³/mol. The van der Waals surface area contributed by atoms with Crippen molar-refractivity contribution in [3.05, 3.63) is 70.5 Å². The van der Waals surface area contributed by atoms with Crippen LogP contribution in [-0.4, -0.2) is 34.5 Å². The minimum atomic E-state index is -0.291. The second-order valence-corrected chi connectivity index (χ2v) is 7.73. The first-order valence-electron chi connectivity index (χ1n) is 7.71. The van der Waals surface area contributed by atoms with E-state index in [2.05, 4.69) is 53.5 Å². The average Bonchev–Trinajstić information content (AvgIpc) is 2.60. The molecule has 122 valence electrons. The standard InChI is InChI=1S/C19H22O2SSe/c1-3-20-19(21-4-2)18(22-16-11-7-5-8-12-16)15-23-17-13-9-6-10-14-17/h5-15,19H,3-4H2,1-2H3/b18-15-. The molecule has 0 heterocycles. The van der Waals surface area contributed by atoms with E-state index in [0.717, 1.165) is 4.91 Å². The molecule has 0 saturated heterocycles. The van der Waals surface area contributed by atoms with Crippen LogP contribution in [0.3, 0.4) is 0 Å². The number of ether oxygens (including phenoxy) is 2. The van der Waals surface area contributed by atoms with E-state index in [1.54, 1.807) is 11.8 Å². The van der Waals surface area contributed by atoms with Gasteiger partial charge in [0.05, 0.1) is 0 Å². The molecule has 0 saturated carbocycles. The van der Waals surface area contributed by atoms with Gasteiger partial charge in [0.15, 0.2) is 0 Å². The van der Waals surface area contributed by atoms with E-state index in [4.69, 9.17) is 9.47 Å². The van der Waals surface area contributed by atoms with Crippen molar-refractivity contribution in [2.24, 2.45) is 0 Å². The monoisotopic (exact) mass is 394 g/mol. The molecule has 0 aliphatic heterocycles. The van der Waals surface area contributed by atoms with Crippen molar-refractivity contribution < 1.29 is 9.47 Å². The molecule has 2 aromatic carbocycles. The Morgan fingerprint density at radius 1 is 0.957 bits per heavy atom. The summed E-state index contributed by atoms with van der Waals surface area (Å²) < 4.78 is 13.0. The zero-order chi connectivity index (χ0) is 16.3. The molecule has 0 aliphatic carbocycles. The van der Waals surface area contributed by atoms with Crippen LogP contribution in [0.25, 0.3) is 0 Å². The summed E-state index contributed by atoms with van der Waals surface area (Å²) in [6, 6.07) is 20.9. The molecule has 0 spiro atoms. The molecule has 2 rings (SSSR count). The molecule has 0 N–H and O–H groups in total. The van der Waals surface area contributed by atoms with Gasteiger partial charge in [0, 0.05) is 0 Å². The molecule has 0 unspecified atom stereocenters. The van der Waals surface area contributed by atoms with E-state index < -0.39 is 0 Å². The molecule has 23 heavy (non-hydrogen) atoms. The molecule has 4 heteroatoms. The maximum absolute atomic E-state index is 5.80. The Labute approximate surface area is 149 Å². The maximum atomic E-state index is 5.80. The Kier molecular flexibility index (Phi) is 8.51. The van der Waals surface area contributed by atoms with Crippen LogP contribution >= 0.6 is 11.8 Å². The average molecular weight is 393 g/mol. The van der Waals surface area contributed by atoms with E-state index in [-0.39, 0.29) is 21.2 Å². The third-order valence-electron chi connectivity index (χ3n) is 2.90. The van der Waals surface area contributed by atoms with Crippen molar-refractivity contribution in [1.29, 1.82) is 0 Å². The summed E-state index contributed by atoms with van der Waals surface area (Å²) in [7, 11) is 0. The van der Waals surface area contributed by atoms with Gasteiger partial charge in [0.2, 0.25) is 0 Å². The molecule has 0 bridgehead atoms. The summed E-state index contributed by atoms with van der Waals surface area (Å²) in [5.74, 6) is 0. The van der Waals surface area contributed by atoms with E-state index in [9.17, 15) is 0 Å². The van der Waals surface area contributed by atoms with E-state index in [0.29, 0.717) is 13.2 Å². The molecule has 0 atom stereocenters. The predicted octanol–water partition coefficient (Wildman–Crippen LogP) is 4.05. The van der Waals surface area contributed by atoms with Crippen LogP contribution in [0, 0.1) is 0 Å². The number of benzene rings is 2. The molecule has 2 nitrogen and oxygen atoms in total. The molecule has 2 aromatic rings. The van der Waals surface area contributed by atoms with Gasteiger partial charge >= 0.3 is 149 Å². The third kappa shape index (κ3) is 6.54. The number of rotatable bonds is 9. The number of hydrogen-bond acceptors (Lipinski definition) is 3. The van der Waals surface area contributed by atoms with Gasteiger partial charge in [-0.2, -0.15) is 0 Å². The van der Waals surface area contributed by atoms with Crippen molar-refractivity contribution in [2.75, 3.05) is 13.2 Å². The van der Waals surface area contributed by atoms with Crippen LogP contribution in [0.15, 0.2) is 75.4 Å². The summed E-state index contributed by atoms with van der Waals surface area (Å²) >= 11 is 1.98. The van der Waals surface area contributed by atoms with Crippen LogP contribution in [0.1, 0.15) is 13.8 Å². The molecule has 0 fully saturated rings. The van der Waals surface area contributed by atoms with Crippen molar-refractivity contribution in [1.82, 2.24) is 0 Å². The molecular formula is C19H22O2SSe.